The average Bonchev–Trinajstić information content (AvgIpc) is 2.67. The monoisotopic (exact) mass is 453 g/mol. The largest absolute Gasteiger partial charge is 0.381 e. The number of anilines is 2. The summed E-state index contributed by atoms with van der Waals surface area (Å²) in [6.07, 6.45) is 1.19. The predicted octanol–water partition coefficient (Wildman–Crippen LogP) is 3.30. The van der Waals surface area contributed by atoms with Crippen LogP contribution < -0.4 is 21.4 Å². The smallest absolute Gasteiger partial charge is 0.189 e. The summed E-state index contributed by atoms with van der Waals surface area (Å²) in [6.45, 7) is 0.249. The van der Waals surface area contributed by atoms with Gasteiger partial charge in [-0.05, 0) is 13.1 Å². The summed E-state index contributed by atoms with van der Waals surface area (Å²) in [4.78, 5) is 17.5. The highest BCUT2D eigenvalue weighted by Gasteiger charge is 2.30. The molecule has 3 heterocycles. The molecule has 3 aromatic rings. The van der Waals surface area contributed by atoms with E-state index in [0.29, 0.717) is 11.6 Å². The van der Waals surface area contributed by atoms with Crippen LogP contribution in [0.1, 0.15) is 0 Å². The van der Waals surface area contributed by atoms with E-state index in [-0.39, 0.29) is 47.1 Å². The Labute approximate surface area is 178 Å². The van der Waals surface area contributed by atoms with Crippen LogP contribution in [0.3, 0.4) is 0 Å². The minimum absolute atomic E-state index is 0.0314. The number of nitrogen functional groups attached to an aromatic ring is 1. The molecule has 0 amide bonds. The summed E-state index contributed by atoms with van der Waals surface area (Å²) < 4.78 is 58.0. The zero-order valence-electron chi connectivity index (χ0n) is 16.1. The van der Waals surface area contributed by atoms with E-state index in [1.165, 1.54) is 11.1 Å². The molecule has 1 saturated heterocycles. The lowest BCUT2D eigenvalue weighted by Crippen LogP contribution is -2.42. The van der Waals surface area contributed by atoms with Crippen molar-refractivity contribution in [3.8, 4) is 5.82 Å². The normalized spacial score (nSPS) is 13.6. The highest BCUT2D eigenvalue weighted by atomic mass is 35.5. The topological polar surface area (TPSA) is 76.2 Å². The van der Waals surface area contributed by atoms with Crippen LogP contribution in [0.25, 0.3) is 16.7 Å². The van der Waals surface area contributed by atoms with E-state index in [0.717, 1.165) is 16.7 Å². The van der Waals surface area contributed by atoms with Gasteiger partial charge < -0.3 is 16.0 Å². The van der Waals surface area contributed by atoms with Gasteiger partial charge in [0.1, 0.15) is 11.6 Å². The molecule has 6 nitrogen and oxygen atoms in total. The number of benzene rings is 1. The third-order valence-electron chi connectivity index (χ3n) is 5.01. The second kappa shape index (κ2) is 7.86. The minimum atomic E-state index is -1.05. The number of hydrogen-bond donors (Lipinski definition) is 2. The quantitative estimate of drug-likeness (QED) is 0.593. The van der Waals surface area contributed by atoms with Gasteiger partial charge in [0.05, 0.1) is 21.6 Å². The van der Waals surface area contributed by atoms with Crippen molar-refractivity contribution in [2.75, 3.05) is 37.3 Å². The zero-order valence-corrected chi connectivity index (χ0v) is 16.9. The first-order chi connectivity index (χ1) is 14.7. The van der Waals surface area contributed by atoms with Gasteiger partial charge in [0.2, 0.25) is 0 Å². The number of halogens is 5. The van der Waals surface area contributed by atoms with Crippen molar-refractivity contribution in [2.24, 2.45) is 0 Å². The fourth-order valence-electron chi connectivity index (χ4n) is 3.46. The summed E-state index contributed by atoms with van der Waals surface area (Å²) in [5, 5.41) is 2.38. The first kappa shape index (κ1) is 21.1. The Kier molecular flexibility index (Phi) is 5.36. The minimum Gasteiger partial charge on any atom is -0.381 e. The van der Waals surface area contributed by atoms with E-state index in [1.807, 2.05) is 0 Å². The molecule has 1 aliphatic heterocycles. The van der Waals surface area contributed by atoms with Gasteiger partial charge in [-0.25, -0.2) is 22.5 Å². The highest BCUT2D eigenvalue weighted by Crippen LogP contribution is 2.39. The molecule has 31 heavy (non-hydrogen) atoms. The van der Waals surface area contributed by atoms with Gasteiger partial charge in [-0.15, -0.1) is 0 Å². The number of fused-ring (bicyclic) bond motifs is 1. The maximum atomic E-state index is 14.9. The van der Waals surface area contributed by atoms with Crippen molar-refractivity contribution in [3.05, 3.63) is 68.5 Å². The summed E-state index contributed by atoms with van der Waals surface area (Å²) in [6, 6.07) is 2.61. The Hall–Kier alpha value is -3.11. The van der Waals surface area contributed by atoms with Crippen LogP contribution in [0.2, 0.25) is 5.02 Å². The van der Waals surface area contributed by atoms with E-state index in [4.69, 9.17) is 17.3 Å². The van der Waals surface area contributed by atoms with Crippen LogP contribution in [0, 0.1) is 17.5 Å². The van der Waals surface area contributed by atoms with Crippen LogP contribution in [-0.2, 0) is 0 Å². The first-order valence-electron chi connectivity index (χ1n) is 9.14. The van der Waals surface area contributed by atoms with Crippen molar-refractivity contribution in [1.82, 2.24) is 14.9 Å². The third kappa shape index (κ3) is 3.51. The molecule has 1 fully saturated rings. The fraction of sp³-hybridized carbons (Fsp3) is 0.200. The molecule has 1 aromatic carbocycles. The molecule has 4 rings (SSSR count). The number of hydrogen-bond acceptors (Lipinski definition) is 5. The maximum Gasteiger partial charge on any atom is 0.189 e. The lowest BCUT2D eigenvalue weighted by molar-refractivity contribution is 0.550. The molecule has 0 atom stereocenters. The SMILES string of the molecule is CNCC(F)=C1CN(c2c(F)cc3c(=O)ccn(-c4nc(N)c(F)cc4F)c3c2Cl)C1. The maximum absolute atomic E-state index is 14.9. The van der Waals surface area contributed by atoms with E-state index in [1.54, 1.807) is 7.05 Å². The van der Waals surface area contributed by atoms with E-state index >= 15 is 0 Å². The van der Waals surface area contributed by atoms with Crippen LogP contribution >= 0.6 is 11.6 Å². The Morgan fingerprint density at radius 3 is 2.61 bits per heavy atom. The molecule has 162 valence electrons. The predicted molar refractivity (Wildman–Crippen MR) is 111 cm³/mol. The van der Waals surface area contributed by atoms with Crippen LogP contribution in [0.15, 0.2) is 40.6 Å². The van der Waals surface area contributed by atoms with Crippen LogP contribution in [-0.4, -0.2) is 36.2 Å². The standard InChI is InChI=1S/C20H16ClF4N5O/c1-27-6-14(25)9-7-29(8-9)18-11(22)4-10-15(31)2-3-30(17(10)16(18)21)20-13(24)5-12(23)19(26)28-20/h2-5,27H,6-8H2,1H3,(H2,26,28). The molecule has 11 heteroatoms. The van der Waals surface area contributed by atoms with E-state index in [2.05, 4.69) is 10.3 Å². The Balaban J connectivity index is 1.91. The van der Waals surface area contributed by atoms with Gasteiger partial charge in [-0.2, -0.15) is 0 Å². The number of likely N-dealkylation sites (N-methyl/N-ethyl adjacent to an activating group) is 1. The highest BCUT2D eigenvalue weighted by molar-refractivity contribution is 6.38. The number of pyridine rings is 2. The van der Waals surface area contributed by atoms with Gasteiger partial charge in [0, 0.05) is 43.5 Å². The molecule has 1 aliphatic rings. The summed E-state index contributed by atoms with van der Waals surface area (Å²) in [5.74, 6) is -4.20. The Morgan fingerprint density at radius 1 is 1.23 bits per heavy atom. The summed E-state index contributed by atoms with van der Waals surface area (Å²) in [5.41, 5.74) is 5.29. The van der Waals surface area contributed by atoms with Crippen molar-refractivity contribution >= 4 is 34.0 Å². The molecule has 3 N–H and O–H groups in total. The van der Waals surface area contributed by atoms with Gasteiger partial charge in [0.15, 0.2) is 28.7 Å². The Morgan fingerprint density at radius 2 is 1.94 bits per heavy atom. The fourth-order valence-corrected chi connectivity index (χ4v) is 3.86. The molecule has 0 spiro atoms. The van der Waals surface area contributed by atoms with Crippen molar-refractivity contribution in [2.45, 2.75) is 0 Å². The van der Waals surface area contributed by atoms with Gasteiger partial charge in [-0.3, -0.25) is 9.36 Å². The number of nitrogens with one attached hydrogen (secondary N) is 1. The van der Waals surface area contributed by atoms with Crippen LogP contribution in [0.5, 0.6) is 0 Å². The Bertz CT molecular complexity index is 1300. The molecule has 0 saturated carbocycles. The first-order valence-corrected chi connectivity index (χ1v) is 9.52. The number of nitrogens with two attached hydrogens (primary N) is 1. The zero-order chi connectivity index (χ0) is 22.4. The average molecular weight is 454 g/mol. The van der Waals surface area contributed by atoms with Gasteiger partial charge in [0.25, 0.3) is 0 Å². The third-order valence-corrected chi connectivity index (χ3v) is 5.37. The lowest BCUT2D eigenvalue weighted by Gasteiger charge is -2.37. The molecule has 0 unspecified atom stereocenters. The molecular formula is C20H16ClF4N5O. The molecule has 0 bridgehead atoms. The number of aromatic nitrogens is 2. The van der Waals surface area contributed by atoms with Crippen LogP contribution in [0.4, 0.5) is 29.1 Å². The second-order valence-electron chi connectivity index (χ2n) is 7.02. The van der Waals surface area contributed by atoms with Crippen molar-refractivity contribution < 1.29 is 17.6 Å². The second-order valence-corrected chi connectivity index (χ2v) is 7.40. The van der Waals surface area contributed by atoms with Crippen molar-refractivity contribution in [3.63, 3.8) is 0 Å². The summed E-state index contributed by atoms with van der Waals surface area (Å²) >= 11 is 6.47. The number of nitrogens with zero attached hydrogens (tertiary/aromatic N) is 3. The van der Waals surface area contributed by atoms with Gasteiger partial charge in [-0.1, -0.05) is 11.6 Å². The number of rotatable bonds is 4. The van der Waals surface area contributed by atoms with E-state index < -0.39 is 34.5 Å². The lowest BCUT2D eigenvalue weighted by atomic mass is 10.0. The molecular weight excluding hydrogens is 438 g/mol. The van der Waals surface area contributed by atoms with E-state index in [9.17, 15) is 22.4 Å². The molecule has 2 aromatic heterocycles. The van der Waals surface area contributed by atoms with Crippen molar-refractivity contribution in [1.29, 1.82) is 0 Å². The van der Waals surface area contributed by atoms with Gasteiger partial charge >= 0.3 is 0 Å². The summed E-state index contributed by atoms with van der Waals surface area (Å²) in [7, 11) is 1.60. The molecule has 0 radical (unpaired) electrons. The molecule has 0 aliphatic carbocycles.